The predicted molar refractivity (Wildman–Crippen MR) is 67.3 cm³/mol. The Labute approximate surface area is 107 Å². The van der Waals surface area contributed by atoms with Crippen molar-refractivity contribution in [3.05, 3.63) is 0 Å². The number of nitrogens with zero attached hydrogens (tertiary/aromatic N) is 1. The van der Waals surface area contributed by atoms with Crippen LogP contribution in [-0.2, 0) is 9.53 Å². The number of nitrogens with one attached hydrogen (secondary N) is 3. The van der Waals surface area contributed by atoms with Gasteiger partial charge in [-0.3, -0.25) is 15.0 Å². The first-order valence-corrected chi connectivity index (χ1v) is 6.11. The van der Waals surface area contributed by atoms with Crippen LogP contribution in [0.4, 0.5) is 4.79 Å². The van der Waals surface area contributed by atoms with E-state index < -0.39 is 6.03 Å². The molecule has 1 aliphatic rings. The van der Waals surface area contributed by atoms with Crippen molar-refractivity contribution >= 4 is 11.9 Å². The third kappa shape index (κ3) is 4.25. The van der Waals surface area contributed by atoms with Gasteiger partial charge in [0.2, 0.25) is 5.91 Å². The van der Waals surface area contributed by atoms with Crippen LogP contribution in [0.1, 0.15) is 6.92 Å². The molecule has 3 amide bonds. The van der Waals surface area contributed by atoms with Crippen LogP contribution in [0.5, 0.6) is 0 Å². The molecule has 1 rings (SSSR count). The number of rotatable bonds is 4. The van der Waals surface area contributed by atoms with Crippen LogP contribution in [0, 0.1) is 0 Å². The topological polar surface area (TPSA) is 82.7 Å². The maximum atomic E-state index is 11.8. The zero-order chi connectivity index (χ0) is 13.5. The fourth-order valence-corrected chi connectivity index (χ4v) is 1.89. The molecule has 0 aromatic carbocycles. The van der Waals surface area contributed by atoms with Gasteiger partial charge in [0.05, 0.1) is 18.8 Å². The van der Waals surface area contributed by atoms with E-state index in [9.17, 15) is 9.59 Å². The fourth-order valence-electron chi connectivity index (χ4n) is 1.89. The van der Waals surface area contributed by atoms with Crippen molar-refractivity contribution < 1.29 is 14.3 Å². The van der Waals surface area contributed by atoms with E-state index in [2.05, 4.69) is 16.0 Å². The maximum Gasteiger partial charge on any atom is 0.321 e. The lowest BCUT2D eigenvalue weighted by atomic mass is 10.2. The van der Waals surface area contributed by atoms with Crippen molar-refractivity contribution in [3.8, 4) is 0 Å². The van der Waals surface area contributed by atoms with Gasteiger partial charge in [0.1, 0.15) is 0 Å². The number of carbonyl (C=O) groups excluding carboxylic acids is 2. The van der Waals surface area contributed by atoms with Crippen LogP contribution < -0.4 is 16.0 Å². The Kier molecular flexibility index (Phi) is 6.03. The molecule has 2 unspecified atom stereocenters. The van der Waals surface area contributed by atoms with Crippen LogP contribution in [0.3, 0.4) is 0 Å². The summed E-state index contributed by atoms with van der Waals surface area (Å²) in [4.78, 5) is 24.9. The van der Waals surface area contributed by atoms with Crippen LogP contribution >= 0.6 is 0 Å². The first kappa shape index (κ1) is 14.9. The highest BCUT2D eigenvalue weighted by Crippen LogP contribution is 2.08. The normalized spacial score (nSPS) is 22.3. The van der Waals surface area contributed by atoms with Crippen molar-refractivity contribution in [1.29, 1.82) is 0 Å². The molecule has 0 bridgehead atoms. The molecule has 0 aromatic heterocycles. The van der Waals surface area contributed by atoms with Crippen LogP contribution in [0.15, 0.2) is 0 Å². The summed E-state index contributed by atoms with van der Waals surface area (Å²) in [5, 5.41) is 7.70. The average molecular weight is 258 g/mol. The smallest absolute Gasteiger partial charge is 0.321 e. The Morgan fingerprint density at radius 1 is 1.44 bits per heavy atom. The third-order valence-electron chi connectivity index (χ3n) is 2.99. The number of ether oxygens (including phenoxy) is 1. The summed E-state index contributed by atoms with van der Waals surface area (Å²) in [7, 11) is 3.34. The lowest BCUT2D eigenvalue weighted by molar-refractivity contribution is -0.127. The van der Waals surface area contributed by atoms with Gasteiger partial charge in [-0.15, -0.1) is 0 Å². The molecule has 3 N–H and O–H groups in total. The summed E-state index contributed by atoms with van der Waals surface area (Å²) in [6.45, 7) is 4.52. The number of morpholine rings is 1. The number of amides is 3. The van der Waals surface area contributed by atoms with Crippen LogP contribution in [-0.4, -0.2) is 69.3 Å². The Morgan fingerprint density at radius 3 is 2.78 bits per heavy atom. The number of hydrogen-bond acceptors (Lipinski definition) is 5. The Morgan fingerprint density at radius 2 is 2.17 bits per heavy atom. The van der Waals surface area contributed by atoms with E-state index in [1.54, 1.807) is 6.92 Å². The SMILES string of the molecule is CNCC1CN(C(C)C(=O)NC(=O)NC)CCO1. The largest absolute Gasteiger partial charge is 0.374 e. The van der Waals surface area contributed by atoms with E-state index >= 15 is 0 Å². The lowest BCUT2D eigenvalue weighted by Crippen LogP contribution is -2.55. The van der Waals surface area contributed by atoms with E-state index in [0.29, 0.717) is 19.7 Å². The Bertz CT molecular complexity index is 296. The molecule has 0 spiro atoms. The highest BCUT2D eigenvalue weighted by Gasteiger charge is 2.28. The second kappa shape index (κ2) is 7.30. The van der Waals surface area contributed by atoms with Gasteiger partial charge in [-0.05, 0) is 14.0 Å². The molecular formula is C11H22N4O3. The standard InChI is InChI=1S/C11H22N4O3/c1-8(10(16)14-11(17)13-3)15-4-5-18-9(7-15)6-12-2/h8-9,12H,4-7H2,1-3H3,(H2,13,14,16,17). The molecule has 2 atom stereocenters. The van der Waals surface area contributed by atoms with E-state index in [0.717, 1.165) is 6.54 Å². The van der Waals surface area contributed by atoms with Crippen molar-refractivity contribution in [2.45, 2.75) is 19.1 Å². The highest BCUT2D eigenvalue weighted by atomic mass is 16.5. The van der Waals surface area contributed by atoms with Crippen molar-refractivity contribution in [1.82, 2.24) is 20.9 Å². The molecule has 1 saturated heterocycles. The van der Waals surface area contributed by atoms with E-state index in [1.807, 2.05) is 11.9 Å². The first-order valence-electron chi connectivity index (χ1n) is 6.11. The van der Waals surface area contributed by atoms with Crippen molar-refractivity contribution in [2.24, 2.45) is 0 Å². The quantitative estimate of drug-likeness (QED) is 0.587. The number of urea groups is 1. The second-order valence-corrected chi connectivity index (χ2v) is 4.29. The maximum absolute atomic E-state index is 11.8. The van der Waals surface area contributed by atoms with E-state index in [4.69, 9.17) is 4.74 Å². The molecule has 104 valence electrons. The van der Waals surface area contributed by atoms with Gasteiger partial charge in [-0.2, -0.15) is 0 Å². The molecule has 7 heteroatoms. The van der Waals surface area contributed by atoms with Crippen molar-refractivity contribution in [2.75, 3.05) is 40.3 Å². The minimum atomic E-state index is -0.480. The summed E-state index contributed by atoms with van der Waals surface area (Å²) in [5.74, 6) is -0.292. The number of likely N-dealkylation sites (N-methyl/N-ethyl adjacent to an activating group) is 1. The van der Waals surface area contributed by atoms with Gasteiger partial charge in [-0.25, -0.2) is 4.79 Å². The first-order chi connectivity index (χ1) is 8.58. The Hall–Kier alpha value is -1.18. The number of carbonyl (C=O) groups is 2. The summed E-state index contributed by atoms with van der Waals surface area (Å²) < 4.78 is 5.57. The molecule has 1 fully saturated rings. The minimum Gasteiger partial charge on any atom is -0.374 e. The summed E-state index contributed by atoms with van der Waals surface area (Å²) in [5.41, 5.74) is 0. The molecule has 7 nitrogen and oxygen atoms in total. The van der Waals surface area contributed by atoms with Gasteiger partial charge in [-0.1, -0.05) is 0 Å². The Balaban J connectivity index is 2.47. The van der Waals surface area contributed by atoms with Crippen LogP contribution in [0.25, 0.3) is 0 Å². The molecule has 1 aliphatic heterocycles. The highest BCUT2D eigenvalue weighted by molar-refractivity contribution is 5.96. The molecule has 0 saturated carbocycles. The second-order valence-electron chi connectivity index (χ2n) is 4.29. The zero-order valence-corrected chi connectivity index (χ0v) is 11.2. The summed E-state index contributed by atoms with van der Waals surface area (Å²) in [6.07, 6.45) is 0.0824. The van der Waals surface area contributed by atoms with Gasteiger partial charge >= 0.3 is 6.03 Å². The van der Waals surface area contributed by atoms with Crippen molar-refractivity contribution in [3.63, 3.8) is 0 Å². The molecular weight excluding hydrogens is 236 g/mol. The summed E-state index contributed by atoms with van der Waals surface area (Å²) >= 11 is 0. The van der Waals surface area contributed by atoms with Crippen LogP contribution in [0.2, 0.25) is 0 Å². The van der Waals surface area contributed by atoms with Gasteiger partial charge in [0, 0.05) is 26.7 Å². The third-order valence-corrected chi connectivity index (χ3v) is 2.99. The number of hydrogen-bond donors (Lipinski definition) is 3. The van der Waals surface area contributed by atoms with E-state index in [-0.39, 0.29) is 18.1 Å². The van der Waals surface area contributed by atoms with Gasteiger partial charge < -0.3 is 15.4 Å². The molecule has 1 heterocycles. The van der Waals surface area contributed by atoms with Gasteiger partial charge in [0.25, 0.3) is 0 Å². The molecule has 0 aliphatic carbocycles. The predicted octanol–water partition coefficient (Wildman–Crippen LogP) is -1.25. The average Bonchev–Trinajstić information content (AvgIpc) is 2.38. The monoisotopic (exact) mass is 258 g/mol. The number of imide groups is 1. The molecule has 0 radical (unpaired) electrons. The molecule has 0 aromatic rings. The summed E-state index contributed by atoms with van der Waals surface area (Å²) in [6, 6.07) is -0.822. The van der Waals surface area contributed by atoms with E-state index in [1.165, 1.54) is 7.05 Å². The zero-order valence-electron chi connectivity index (χ0n) is 11.2. The lowest BCUT2D eigenvalue weighted by Gasteiger charge is -2.35. The fraction of sp³-hybridized carbons (Fsp3) is 0.818. The minimum absolute atomic E-state index is 0.0824. The molecule has 18 heavy (non-hydrogen) atoms. The van der Waals surface area contributed by atoms with Gasteiger partial charge in [0.15, 0.2) is 0 Å².